The molecular formula is C12H15FN2O3. The number of ether oxygens (including phenoxy) is 1. The Hall–Kier alpha value is -1.95. The minimum absolute atomic E-state index is 0.0287. The van der Waals surface area contributed by atoms with Crippen LogP contribution in [0.1, 0.15) is 16.8 Å². The summed E-state index contributed by atoms with van der Waals surface area (Å²) >= 11 is 0. The number of benzene rings is 1. The zero-order chi connectivity index (χ0) is 13.5. The average molecular weight is 254 g/mol. The minimum Gasteiger partial charge on any atom is -0.465 e. The van der Waals surface area contributed by atoms with Gasteiger partial charge in [-0.1, -0.05) is 0 Å². The van der Waals surface area contributed by atoms with Gasteiger partial charge < -0.3 is 15.4 Å². The van der Waals surface area contributed by atoms with Crippen LogP contribution in [0.3, 0.4) is 0 Å². The van der Waals surface area contributed by atoms with E-state index in [-0.39, 0.29) is 23.6 Å². The molecular weight excluding hydrogens is 239 g/mol. The summed E-state index contributed by atoms with van der Waals surface area (Å²) in [5.41, 5.74) is 0.154. The molecule has 18 heavy (non-hydrogen) atoms. The fourth-order valence-corrected chi connectivity index (χ4v) is 1.32. The minimum atomic E-state index is -0.597. The molecule has 1 amide bonds. The van der Waals surface area contributed by atoms with E-state index in [9.17, 15) is 14.0 Å². The van der Waals surface area contributed by atoms with Gasteiger partial charge in [-0.3, -0.25) is 4.79 Å². The van der Waals surface area contributed by atoms with Gasteiger partial charge in [0, 0.05) is 13.0 Å². The third kappa shape index (κ3) is 3.81. The van der Waals surface area contributed by atoms with Gasteiger partial charge >= 0.3 is 5.97 Å². The van der Waals surface area contributed by atoms with Crippen molar-refractivity contribution >= 4 is 17.6 Å². The van der Waals surface area contributed by atoms with Gasteiger partial charge in [0.2, 0.25) is 5.91 Å². The highest BCUT2D eigenvalue weighted by molar-refractivity contribution is 5.94. The monoisotopic (exact) mass is 254 g/mol. The molecule has 0 saturated heterocycles. The summed E-state index contributed by atoms with van der Waals surface area (Å²) in [6, 6.07) is 3.66. The fraction of sp³-hybridized carbons (Fsp3) is 0.333. The van der Waals surface area contributed by atoms with Crippen LogP contribution < -0.4 is 10.6 Å². The Balaban J connectivity index is 2.81. The van der Waals surface area contributed by atoms with Crippen LogP contribution in [0.4, 0.5) is 10.1 Å². The van der Waals surface area contributed by atoms with E-state index in [1.807, 2.05) is 0 Å². The van der Waals surface area contributed by atoms with Crippen molar-refractivity contribution in [3.05, 3.63) is 29.6 Å². The number of hydrogen-bond donors (Lipinski definition) is 2. The van der Waals surface area contributed by atoms with Gasteiger partial charge in [0.1, 0.15) is 5.82 Å². The Morgan fingerprint density at radius 3 is 2.72 bits per heavy atom. The first-order chi connectivity index (χ1) is 8.58. The number of carbonyl (C=O) groups excluding carboxylic acids is 2. The van der Waals surface area contributed by atoms with Crippen LogP contribution in [0.25, 0.3) is 0 Å². The number of nitrogens with one attached hydrogen (secondary N) is 2. The van der Waals surface area contributed by atoms with E-state index >= 15 is 0 Å². The first-order valence-corrected chi connectivity index (χ1v) is 5.40. The lowest BCUT2D eigenvalue weighted by molar-refractivity contribution is -0.116. The molecule has 5 nitrogen and oxygen atoms in total. The summed E-state index contributed by atoms with van der Waals surface area (Å²) in [5, 5.41) is 5.21. The Morgan fingerprint density at radius 1 is 1.39 bits per heavy atom. The molecule has 0 radical (unpaired) electrons. The predicted molar refractivity (Wildman–Crippen MR) is 64.9 cm³/mol. The lowest BCUT2D eigenvalue weighted by atomic mass is 10.2. The number of anilines is 1. The zero-order valence-electron chi connectivity index (χ0n) is 10.2. The SMILES string of the molecule is CNCCC(=O)Nc1cc(C(=O)OC)ccc1F. The van der Waals surface area contributed by atoms with Crippen LogP contribution >= 0.6 is 0 Å². The molecule has 0 aliphatic rings. The maximum Gasteiger partial charge on any atom is 0.337 e. The lowest BCUT2D eigenvalue weighted by Gasteiger charge is -2.08. The third-order valence-corrected chi connectivity index (χ3v) is 2.26. The van der Waals surface area contributed by atoms with E-state index in [2.05, 4.69) is 15.4 Å². The second-order valence-corrected chi connectivity index (χ2v) is 3.59. The summed E-state index contributed by atoms with van der Waals surface area (Å²) in [4.78, 5) is 22.7. The fourth-order valence-electron chi connectivity index (χ4n) is 1.32. The molecule has 1 aromatic rings. The van der Waals surface area contributed by atoms with Crippen molar-refractivity contribution in [1.29, 1.82) is 0 Å². The van der Waals surface area contributed by atoms with E-state index in [0.717, 1.165) is 6.07 Å². The summed E-state index contributed by atoms with van der Waals surface area (Å²) in [6.45, 7) is 0.490. The molecule has 0 aliphatic heterocycles. The molecule has 2 N–H and O–H groups in total. The molecule has 0 unspecified atom stereocenters. The van der Waals surface area contributed by atoms with Gasteiger partial charge in [-0.25, -0.2) is 9.18 Å². The summed E-state index contributed by atoms with van der Waals surface area (Å²) in [6.07, 6.45) is 0.221. The number of esters is 1. The van der Waals surface area contributed by atoms with E-state index < -0.39 is 11.8 Å². The quantitative estimate of drug-likeness (QED) is 0.774. The molecule has 0 heterocycles. The lowest BCUT2D eigenvalue weighted by Crippen LogP contribution is -2.19. The van der Waals surface area contributed by atoms with Gasteiger partial charge in [-0.2, -0.15) is 0 Å². The highest BCUT2D eigenvalue weighted by atomic mass is 19.1. The number of hydrogen-bond acceptors (Lipinski definition) is 4. The van der Waals surface area contributed by atoms with Gasteiger partial charge in [0.05, 0.1) is 18.4 Å². The number of carbonyl (C=O) groups is 2. The Morgan fingerprint density at radius 2 is 2.11 bits per heavy atom. The van der Waals surface area contributed by atoms with Gasteiger partial charge in [-0.05, 0) is 25.2 Å². The molecule has 6 heteroatoms. The van der Waals surface area contributed by atoms with Gasteiger partial charge in [-0.15, -0.1) is 0 Å². The molecule has 0 atom stereocenters. The summed E-state index contributed by atoms with van der Waals surface area (Å²) < 4.78 is 18.0. The Kier molecular flexibility index (Phi) is 5.26. The van der Waals surface area contributed by atoms with Crippen molar-refractivity contribution in [2.75, 3.05) is 26.0 Å². The van der Waals surface area contributed by atoms with Crippen molar-refractivity contribution in [3.8, 4) is 0 Å². The van der Waals surface area contributed by atoms with Gasteiger partial charge in [0.25, 0.3) is 0 Å². The van der Waals surface area contributed by atoms with E-state index in [1.54, 1.807) is 7.05 Å². The van der Waals surface area contributed by atoms with Crippen LogP contribution in [0.5, 0.6) is 0 Å². The van der Waals surface area contributed by atoms with Crippen LogP contribution in [0.2, 0.25) is 0 Å². The first-order valence-electron chi connectivity index (χ1n) is 5.40. The number of methoxy groups -OCH3 is 1. The summed E-state index contributed by atoms with van der Waals surface area (Å²) in [5.74, 6) is -1.51. The van der Waals surface area contributed by atoms with Crippen LogP contribution in [-0.4, -0.2) is 32.6 Å². The van der Waals surface area contributed by atoms with Crippen LogP contribution in [0.15, 0.2) is 18.2 Å². The molecule has 0 fully saturated rings. The van der Waals surface area contributed by atoms with E-state index in [4.69, 9.17) is 0 Å². The molecule has 1 aromatic carbocycles. The predicted octanol–water partition coefficient (Wildman–Crippen LogP) is 1.16. The topological polar surface area (TPSA) is 67.4 Å². The maximum absolute atomic E-state index is 13.4. The average Bonchev–Trinajstić information content (AvgIpc) is 2.38. The van der Waals surface area contributed by atoms with Crippen LogP contribution in [-0.2, 0) is 9.53 Å². The van der Waals surface area contributed by atoms with Crippen LogP contribution in [0, 0.1) is 5.82 Å². The molecule has 0 aliphatic carbocycles. The second kappa shape index (κ2) is 6.70. The molecule has 0 spiro atoms. The highest BCUT2D eigenvalue weighted by Gasteiger charge is 2.11. The molecule has 0 bridgehead atoms. The highest BCUT2D eigenvalue weighted by Crippen LogP contribution is 2.17. The van der Waals surface area contributed by atoms with E-state index in [1.165, 1.54) is 19.2 Å². The number of rotatable bonds is 5. The van der Waals surface area contributed by atoms with Crippen molar-refractivity contribution in [3.63, 3.8) is 0 Å². The number of halogens is 1. The van der Waals surface area contributed by atoms with Crippen molar-refractivity contribution in [2.45, 2.75) is 6.42 Å². The second-order valence-electron chi connectivity index (χ2n) is 3.59. The Bertz CT molecular complexity index is 449. The summed E-state index contributed by atoms with van der Waals surface area (Å²) in [7, 11) is 2.95. The molecule has 0 aromatic heterocycles. The normalized spacial score (nSPS) is 9.94. The Labute approximate surface area is 104 Å². The smallest absolute Gasteiger partial charge is 0.337 e. The first kappa shape index (κ1) is 14.1. The van der Waals surface area contributed by atoms with Crippen molar-refractivity contribution in [2.24, 2.45) is 0 Å². The molecule has 0 saturated carbocycles. The van der Waals surface area contributed by atoms with Crippen molar-refractivity contribution < 1.29 is 18.7 Å². The maximum atomic E-state index is 13.4. The zero-order valence-corrected chi connectivity index (χ0v) is 10.2. The largest absolute Gasteiger partial charge is 0.465 e. The molecule has 98 valence electrons. The number of amides is 1. The van der Waals surface area contributed by atoms with Crippen molar-refractivity contribution in [1.82, 2.24) is 5.32 Å². The molecule has 1 rings (SSSR count). The van der Waals surface area contributed by atoms with E-state index in [0.29, 0.717) is 6.54 Å². The standard InChI is InChI=1S/C12H15FN2O3/c1-14-6-5-11(16)15-10-7-8(12(17)18-2)3-4-9(10)13/h3-4,7,14H,5-6H2,1-2H3,(H,15,16). The third-order valence-electron chi connectivity index (χ3n) is 2.26. The van der Waals surface area contributed by atoms with Gasteiger partial charge in [0.15, 0.2) is 0 Å².